The van der Waals surface area contributed by atoms with Crippen molar-refractivity contribution in [3.05, 3.63) is 34.3 Å². The number of nitrogens with one attached hydrogen (secondary N) is 2. The van der Waals surface area contributed by atoms with Gasteiger partial charge in [0, 0.05) is 29.7 Å². The molecule has 0 unspecified atom stereocenters. The molecule has 0 radical (unpaired) electrons. The first-order valence-electron chi connectivity index (χ1n) is 6.51. The lowest BCUT2D eigenvalue weighted by Gasteiger charge is -2.07. The molecule has 0 saturated carbocycles. The van der Waals surface area contributed by atoms with Crippen LogP contribution in [-0.2, 0) is 9.53 Å². The number of rotatable bonds is 8. The van der Waals surface area contributed by atoms with Gasteiger partial charge in [-0.2, -0.15) is 0 Å². The number of hydrogen-bond acceptors (Lipinski definition) is 3. The average Bonchev–Trinajstić information content (AvgIpc) is 2.43. The zero-order valence-electron chi connectivity index (χ0n) is 11.4. The highest BCUT2D eigenvalue weighted by atomic mass is 79.9. The molecule has 0 saturated heterocycles. The lowest BCUT2D eigenvalue weighted by molar-refractivity contribution is -0.125. The molecular weight excluding hydrogens is 324 g/mol. The molecule has 2 N–H and O–H groups in total. The molecule has 1 rings (SSSR count). The fourth-order valence-electron chi connectivity index (χ4n) is 1.47. The van der Waals surface area contributed by atoms with Crippen molar-refractivity contribution >= 4 is 27.7 Å². The molecule has 2 amide bonds. The molecule has 0 heterocycles. The molecule has 0 fully saturated rings. The number of amides is 2. The maximum Gasteiger partial charge on any atom is 0.251 e. The predicted octanol–water partition coefficient (Wildman–Crippen LogP) is 1.72. The lowest BCUT2D eigenvalue weighted by atomic mass is 10.2. The minimum atomic E-state index is -0.171. The monoisotopic (exact) mass is 342 g/mol. The Kier molecular flexibility index (Phi) is 7.91. The van der Waals surface area contributed by atoms with Crippen molar-refractivity contribution in [3.63, 3.8) is 0 Å². The van der Waals surface area contributed by atoms with Gasteiger partial charge in [-0.25, -0.2) is 0 Å². The third-order valence-electron chi connectivity index (χ3n) is 2.40. The first kappa shape index (κ1) is 16.7. The summed E-state index contributed by atoms with van der Waals surface area (Å²) in [5.41, 5.74) is 0.581. The molecule has 5 nitrogen and oxygen atoms in total. The Morgan fingerprint density at radius 2 is 2.00 bits per heavy atom. The maximum atomic E-state index is 11.8. The molecule has 0 atom stereocenters. The summed E-state index contributed by atoms with van der Waals surface area (Å²) >= 11 is 3.31. The maximum absolute atomic E-state index is 11.8. The van der Waals surface area contributed by atoms with E-state index in [0.29, 0.717) is 25.3 Å². The van der Waals surface area contributed by atoms with Crippen LogP contribution in [0.15, 0.2) is 28.7 Å². The van der Waals surface area contributed by atoms with Gasteiger partial charge in [0.1, 0.15) is 6.61 Å². The van der Waals surface area contributed by atoms with E-state index < -0.39 is 0 Å². The van der Waals surface area contributed by atoms with Crippen LogP contribution in [0.25, 0.3) is 0 Å². The normalized spacial score (nSPS) is 10.1. The van der Waals surface area contributed by atoms with Crippen molar-refractivity contribution < 1.29 is 14.3 Å². The summed E-state index contributed by atoms with van der Waals surface area (Å²) in [4.78, 5) is 23.1. The summed E-state index contributed by atoms with van der Waals surface area (Å²) in [6, 6.07) is 7.13. The summed E-state index contributed by atoms with van der Waals surface area (Å²) in [6.45, 7) is 3.38. The quantitative estimate of drug-likeness (QED) is 0.707. The van der Waals surface area contributed by atoms with Gasteiger partial charge in [-0.15, -0.1) is 0 Å². The van der Waals surface area contributed by atoms with E-state index in [9.17, 15) is 9.59 Å². The summed E-state index contributed by atoms with van der Waals surface area (Å²) in [5, 5.41) is 5.41. The largest absolute Gasteiger partial charge is 0.372 e. The van der Waals surface area contributed by atoms with Crippen molar-refractivity contribution in [1.29, 1.82) is 0 Å². The van der Waals surface area contributed by atoms with Crippen LogP contribution in [0.1, 0.15) is 23.7 Å². The standard InChI is InChI=1S/C14H19BrN2O3/c1-2-8-20-10-13(18)16-6-7-17-14(19)11-4-3-5-12(15)9-11/h3-5,9H,2,6-8,10H2,1H3,(H,16,18)(H,17,19). The van der Waals surface area contributed by atoms with E-state index in [1.54, 1.807) is 18.2 Å². The Morgan fingerprint density at radius 1 is 1.25 bits per heavy atom. The van der Waals surface area contributed by atoms with Gasteiger partial charge < -0.3 is 15.4 Å². The number of carbonyl (C=O) groups is 2. The van der Waals surface area contributed by atoms with Crippen molar-refractivity contribution in [2.24, 2.45) is 0 Å². The fraction of sp³-hybridized carbons (Fsp3) is 0.429. The summed E-state index contributed by atoms with van der Waals surface area (Å²) < 4.78 is 5.95. The lowest BCUT2D eigenvalue weighted by Crippen LogP contribution is -2.36. The molecular formula is C14H19BrN2O3. The zero-order chi connectivity index (χ0) is 14.8. The Morgan fingerprint density at radius 3 is 2.70 bits per heavy atom. The Hall–Kier alpha value is -1.40. The topological polar surface area (TPSA) is 67.4 Å². The summed E-state index contributed by atoms with van der Waals surface area (Å²) in [6.07, 6.45) is 0.885. The van der Waals surface area contributed by atoms with Gasteiger partial charge in [0.15, 0.2) is 0 Å². The molecule has 6 heteroatoms. The van der Waals surface area contributed by atoms with Gasteiger partial charge >= 0.3 is 0 Å². The molecule has 1 aromatic carbocycles. The first-order chi connectivity index (χ1) is 9.63. The number of carbonyl (C=O) groups excluding carboxylic acids is 2. The molecule has 0 aliphatic rings. The van der Waals surface area contributed by atoms with E-state index in [1.165, 1.54) is 0 Å². The summed E-state index contributed by atoms with van der Waals surface area (Å²) in [5.74, 6) is -0.335. The molecule has 0 aromatic heterocycles. The van der Waals surface area contributed by atoms with Gasteiger partial charge in [0.2, 0.25) is 5.91 Å². The van der Waals surface area contributed by atoms with E-state index in [0.717, 1.165) is 10.9 Å². The van der Waals surface area contributed by atoms with E-state index >= 15 is 0 Å². The molecule has 20 heavy (non-hydrogen) atoms. The van der Waals surface area contributed by atoms with E-state index in [2.05, 4.69) is 26.6 Å². The Labute approximate surface area is 127 Å². The SMILES string of the molecule is CCCOCC(=O)NCCNC(=O)c1cccc(Br)c1. The van der Waals surface area contributed by atoms with Crippen LogP contribution < -0.4 is 10.6 Å². The Bertz CT molecular complexity index is 452. The average molecular weight is 343 g/mol. The zero-order valence-corrected chi connectivity index (χ0v) is 13.0. The van der Waals surface area contributed by atoms with E-state index in [4.69, 9.17) is 4.74 Å². The second kappa shape index (κ2) is 9.50. The smallest absolute Gasteiger partial charge is 0.251 e. The van der Waals surface area contributed by atoms with Crippen LogP contribution in [-0.4, -0.2) is 38.1 Å². The fourth-order valence-corrected chi connectivity index (χ4v) is 1.87. The third-order valence-corrected chi connectivity index (χ3v) is 2.89. The van der Waals surface area contributed by atoms with Crippen molar-refractivity contribution in [2.45, 2.75) is 13.3 Å². The van der Waals surface area contributed by atoms with Gasteiger partial charge in [-0.3, -0.25) is 9.59 Å². The Balaban J connectivity index is 2.18. The molecule has 110 valence electrons. The minimum Gasteiger partial charge on any atom is -0.372 e. The van der Waals surface area contributed by atoms with Crippen LogP contribution in [0.4, 0.5) is 0 Å². The molecule has 0 spiro atoms. The number of hydrogen-bond donors (Lipinski definition) is 2. The van der Waals surface area contributed by atoms with Crippen molar-refractivity contribution in [3.8, 4) is 0 Å². The number of benzene rings is 1. The highest BCUT2D eigenvalue weighted by molar-refractivity contribution is 9.10. The summed E-state index contributed by atoms with van der Waals surface area (Å²) in [7, 11) is 0. The highest BCUT2D eigenvalue weighted by Gasteiger charge is 2.05. The van der Waals surface area contributed by atoms with Gasteiger partial charge in [-0.1, -0.05) is 28.9 Å². The second-order valence-electron chi connectivity index (χ2n) is 4.17. The molecule has 0 bridgehead atoms. The van der Waals surface area contributed by atoms with E-state index in [1.807, 2.05) is 13.0 Å². The third kappa shape index (κ3) is 6.68. The van der Waals surface area contributed by atoms with Crippen LogP contribution in [0, 0.1) is 0 Å². The molecule has 1 aromatic rings. The van der Waals surface area contributed by atoms with Crippen LogP contribution in [0.5, 0.6) is 0 Å². The predicted molar refractivity (Wildman–Crippen MR) is 80.6 cm³/mol. The van der Waals surface area contributed by atoms with Gasteiger partial charge in [0.05, 0.1) is 0 Å². The minimum absolute atomic E-state index is 0.0629. The second-order valence-corrected chi connectivity index (χ2v) is 5.08. The van der Waals surface area contributed by atoms with Crippen molar-refractivity contribution in [1.82, 2.24) is 10.6 Å². The van der Waals surface area contributed by atoms with Gasteiger partial charge in [0.25, 0.3) is 5.91 Å². The number of halogens is 1. The van der Waals surface area contributed by atoms with Crippen LogP contribution >= 0.6 is 15.9 Å². The van der Waals surface area contributed by atoms with Crippen molar-refractivity contribution in [2.75, 3.05) is 26.3 Å². The number of ether oxygens (including phenoxy) is 1. The van der Waals surface area contributed by atoms with E-state index in [-0.39, 0.29) is 18.4 Å². The highest BCUT2D eigenvalue weighted by Crippen LogP contribution is 2.11. The molecule has 0 aliphatic heterocycles. The first-order valence-corrected chi connectivity index (χ1v) is 7.31. The van der Waals surface area contributed by atoms with Crippen LogP contribution in [0.3, 0.4) is 0 Å². The van der Waals surface area contributed by atoms with Gasteiger partial charge in [-0.05, 0) is 24.6 Å². The van der Waals surface area contributed by atoms with Crippen LogP contribution in [0.2, 0.25) is 0 Å². The molecule has 0 aliphatic carbocycles.